The fourth-order valence-corrected chi connectivity index (χ4v) is 1.60. The first-order valence-corrected chi connectivity index (χ1v) is 4.62. The lowest BCUT2D eigenvalue weighted by Crippen LogP contribution is -2.38. The number of piperidine rings is 1. The number of rotatable bonds is 2. The van der Waals surface area contributed by atoms with E-state index in [1.54, 1.807) is 11.8 Å². The van der Waals surface area contributed by atoms with E-state index in [9.17, 15) is 4.79 Å². The smallest absolute Gasteiger partial charge is 0.219 e. The Kier molecular flexibility index (Phi) is 3.53. The number of nitrogens with one attached hydrogen (secondary N) is 1. The number of amides is 1. The third-order valence-electron chi connectivity index (χ3n) is 2.47. The molecule has 70 valence electrons. The lowest BCUT2D eigenvalue weighted by atomic mass is 9.99. The van der Waals surface area contributed by atoms with E-state index in [0.29, 0.717) is 5.92 Å². The summed E-state index contributed by atoms with van der Waals surface area (Å²) in [5.74, 6) is 0.827. The molecule has 3 nitrogen and oxygen atoms in total. The van der Waals surface area contributed by atoms with Crippen molar-refractivity contribution in [2.45, 2.75) is 19.8 Å². The molecule has 1 saturated heterocycles. The average molecular weight is 170 g/mol. The molecule has 3 heteroatoms. The predicted molar refractivity (Wildman–Crippen MR) is 48.9 cm³/mol. The molecule has 0 unspecified atom stereocenters. The van der Waals surface area contributed by atoms with Gasteiger partial charge in [0.05, 0.1) is 0 Å². The van der Waals surface area contributed by atoms with Gasteiger partial charge >= 0.3 is 0 Å². The summed E-state index contributed by atoms with van der Waals surface area (Å²) in [6.07, 6.45) is 2.50. The molecule has 1 N–H and O–H groups in total. The molecule has 1 heterocycles. The Balaban J connectivity index is 2.24. The zero-order valence-electron chi connectivity index (χ0n) is 7.97. The summed E-state index contributed by atoms with van der Waals surface area (Å²) < 4.78 is 0. The zero-order valence-corrected chi connectivity index (χ0v) is 7.97. The molecule has 0 aromatic rings. The minimum atomic E-state index is 0.167. The summed E-state index contributed by atoms with van der Waals surface area (Å²) in [5, 5.41) is 3.34. The minimum absolute atomic E-state index is 0.167. The van der Waals surface area contributed by atoms with Gasteiger partial charge < -0.3 is 10.2 Å². The maximum Gasteiger partial charge on any atom is 0.219 e. The largest absolute Gasteiger partial charge is 0.346 e. The van der Waals surface area contributed by atoms with Crippen LogP contribution in [0.2, 0.25) is 0 Å². The summed E-state index contributed by atoms with van der Waals surface area (Å²) in [4.78, 5) is 12.7. The van der Waals surface area contributed by atoms with Gasteiger partial charge in [-0.2, -0.15) is 0 Å². The SMILES string of the molecule is CC(=O)N(C)C[C@H]1CCCNC1. The van der Waals surface area contributed by atoms with Crippen molar-refractivity contribution in [2.24, 2.45) is 5.92 Å². The highest BCUT2D eigenvalue weighted by molar-refractivity contribution is 5.72. The van der Waals surface area contributed by atoms with E-state index >= 15 is 0 Å². The Morgan fingerprint density at radius 3 is 2.92 bits per heavy atom. The van der Waals surface area contributed by atoms with Crippen LogP contribution in [0.5, 0.6) is 0 Å². The Labute approximate surface area is 74.1 Å². The van der Waals surface area contributed by atoms with Gasteiger partial charge in [-0.1, -0.05) is 0 Å². The fraction of sp³-hybridized carbons (Fsp3) is 0.889. The number of hydrogen-bond donors (Lipinski definition) is 1. The van der Waals surface area contributed by atoms with E-state index in [-0.39, 0.29) is 5.91 Å². The van der Waals surface area contributed by atoms with Crippen molar-refractivity contribution in [1.82, 2.24) is 10.2 Å². The van der Waals surface area contributed by atoms with E-state index < -0.39 is 0 Å². The molecule has 0 bridgehead atoms. The highest BCUT2D eigenvalue weighted by Crippen LogP contribution is 2.10. The van der Waals surface area contributed by atoms with Crippen molar-refractivity contribution in [2.75, 3.05) is 26.7 Å². The van der Waals surface area contributed by atoms with Crippen LogP contribution < -0.4 is 5.32 Å². The van der Waals surface area contributed by atoms with Crippen LogP contribution in [-0.4, -0.2) is 37.5 Å². The van der Waals surface area contributed by atoms with Crippen molar-refractivity contribution in [1.29, 1.82) is 0 Å². The normalized spacial score (nSPS) is 23.7. The molecule has 1 amide bonds. The van der Waals surface area contributed by atoms with Crippen LogP contribution in [0.25, 0.3) is 0 Å². The summed E-state index contributed by atoms with van der Waals surface area (Å²) in [7, 11) is 1.87. The topological polar surface area (TPSA) is 32.3 Å². The Bertz CT molecular complexity index is 153. The maximum atomic E-state index is 10.9. The quantitative estimate of drug-likeness (QED) is 0.653. The molecule has 0 radical (unpaired) electrons. The second-order valence-electron chi connectivity index (χ2n) is 3.61. The molecule has 1 aliphatic rings. The van der Waals surface area contributed by atoms with E-state index in [4.69, 9.17) is 0 Å². The summed E-state index contributed by atoms with van der Waals surface area (Å²) in [6.45, 7) is 4.73. The molecule has 12 heavy (non-hydrogen) atoms. The minimum Gasteiger partial charge on any atom is -0.346 e. The number of hydrogen-bond acceptors (Lipinski definition) is 2. The van der Waals surface area contributed by atoms with Gasteiger partial charge in [0.25, 0.3) is 0 Å². The molecule has 1 fully saturated rings. The second-order valence-corrected chi connectivity index (χ2v) is 3.61. The van der Waals surface area contributed by atoms with Crippen LogP contribution in [0.3, 0.4) is 0 Å². The number of nitrogens with zero attached hydrogens (tertiary/aromatic N) is 1. The lowest BCUT2D eigenvalue weighted by Gasteiger charge is -2.26. The second kappa shape index (κ2) is 4.45. The van der Waals surface area contributed by atoms with Crippen LogP contribution in [-0.2, 0) is 4.79 Å². The molecule has 0 aromatic carbocycles. The monoisotopic (exact) mass is 170 g/mol. The van der Waals surface area contributed by atoms with Crippen molar-refractivity contribution in [3.05, 3.63) is 0 Å². The Hall–Kier alpha value is -0.570. The van der Waals surface area contributed by atoms with Crippen molar-refractivity contribution in [3.63, 3.8) is 0 Å². The standard InChI is InChI=1S/C9H18N2O/c1-8(12)11(2)7-9-4-3-5-10-6-9/h9-10H,3-7H2,1-2H3/t9-/m0/s1. The first-order valence-electron chi connectivity index (χ1n) is 4.62. The first kappa shape index (κ1) is 9.52. The van der Waals surface area contributed by atoms with Crippen molar-refractivity contribution in [3.8, 4) is 0 Å². The lowest BCUT2D eigenvalue weighted by molar-refractivity contribution is -0.128. The van der Waals surface area contributed by atoms with Crippen molar-refractivity contribution >= 4 is 5.91 Å². The van der Waals surface area contributed by atoms with Gasteiger partial charge in [-0.3, -0.25) is 4.79 Å². The van der Waals surface area contributed by atoms with E-state index in [1.165, 1.54) is 12.8 Å². The van der Waals surface area contributed by atoms with Crippen LogP contribution in [0.15, 0.2) is 0 Å². The molecule has 0 aromatic heterocycles. The maximum absolute atomic E-state index is 10.9. The molecule has 0 saturated carbocycles. The van der Waals surface area contributed by atoms with Crippen LogP contribution in [0, 0.1) is 5.92 Å². The molecule has 0 aliphatic carbocycles. The Morgan fingerprint density at radius 2 is 2.42 bits per heavy atom. The third kappa shape index (κ3) is 2.81. The van der Waals surface area contributed by atoms with Gasteiger partial charge in [0, 0.05) is 20.5 Å². The van der Waals surface area contributed by atoms with Crippen LogP contribution in [0.4, 0.5) is 0 Å². The van der Waals surface area contributed by atoms with Gasteiger partial charge in [-0.05, 0) is 31.8 Å². The predicted octanol–water partition coefficient (Wildman–Crippen LogP) is 0.464. The number of carbonyl (C=O) groups is 1. The molecule has 1 aliphatic heterocycles. The highest BCUT2D eigenvalue weighted by Gasteiger charge is 2.15. The van der Waals surface area contributed by atoms with E-state index in [2.05, 4.69) is 5.32 Å². The van der Waals surface area contributed by atoms with Crippen LogP contribution >= 0.6 is 0 Å². The fourth-order valence-electron chi connectivity index (χ4n) is 1.60. The van der Waals surface area contributed by atoms with Gasteiger partial charge in [-0.15, -0.1) is 0 Å². The third-order valence-corrected chi connectivity index (χ3v) is 2.47. The Morgan fingerprint density at radius 1 is 1.67 bits per heavy atom. The van der Waals surface area contributed by atoms with E-state index in [0.717, 1.165) is 19.6 Å². The van der Waals surface area contributed by atoms with Gasteiger partial charge in [0.2, 0.25) is 5.91 Å². The zero-order chi connectivity index (χ0) is 8.97. The molecule has 0 spiro atoms. The highest BCUT2D eigenvalue weighted by atomic mass is 16.2. The molecular weight excluding hydrogens is 152 g/mol. The summed E-state index contributed by atoms with van der Waals surface area (Å²) in [5.41, 5.74) is 0. The average Bonchev–Trinajstić information content (AvgIpc) is 2.06. The van der Waals surface area contributed by atoms with Gasteiger partial charge in [-0.25, -0.2) is 0 Å². The first-order chi connectivity index (χ1) is 5.70. The van der Waals surface area contributed by atoms with E-state index in [1.807, 2.05) is 7.05 Å². The van der Waals surface area contributed by atoms with Gasteiger partial charge in [0.15, 0.2) is 0 Å². The summed E-state index contributed by atoms with van der Waals surface area (Å²) >= 11 is 0. The molecule has 1 atom stereocenters. The molecular formula is C9H18N2O. The molecule has 1 rings (SSSR count). The number of carbonyl (C=O) groups excluding carboxylic acids is 1. The van der Waals surface area contributed by atoms with Crippen LogP contribution in [0.1, 0.15) is 19.8 Å². The van der Waals surface area contributed by atoms with Gasteiger partial charge in [0.1, 0.15) is 0 Å². The summed E-state index contributed by atoms with van der Waals surface area (Å²) in [6, 6.07) is 0. The van der Waals surface area contributed by atoms with Crippen molar-refractivity contribution < 1.29 is 4.79 Å².